The fraction of sp³-hybridized carbons (Fsp3) is 0.300. The van der Waals surface area contributed by atoms with Crippen molar-refractivity contribution in [2.75, 3.05) is 18.4 Å². The Hall–Kier alpha value is -3.44. The zero-order valence-electron chi connectivity index (χ0n) is 15.8. The van der Waals surface area contributed by atoms with Gasteiger partial charge in [0.25, 0.3) is 5.91 Å². The number of amidine groups is 1. The van der Waals surface area contributed by atoms with Crippen LogP contribution >= 0.6 is 0 Å². The van der Waals surface area contributed by atoms with Crippen LogP contribution in [0.3, 0.4) is 0 Å². The summed E-state index contributed by atoms with van der Waals surface area (Å²) in [4.78, 5) is 19.5. The van der Waals surface area contributed by atoms with Crippen LogP contribution in [0.15, 0.2) is 58.0 Å². The Kier molecular flexibility index (Phi) is 5.87. The number of anilines is 1. The van der Waals surface area contributed by atoms with E-state index >= 15 is 0 Å². The van der Waals surface area contributed by atoms with E-state index in [2.05, 4.69) is 33.1 Å². The second kappa shape index (κ2) is 8.50. The third-order valence-corrected chi connectivity index (χ3v) is 4.71. The summed E-state index contributed by atoms with van der Waals surface area (Å²) in [7, 11) is 0. The number of piperidine rings is 1. The van der Waals surface area contributed by atoms with E-state index in [1.807, 2.05) is 6.08 Å². The van der Waals surface area contributed by atoms with Crippen LogP contribution in [0.1, 0.15) is 25.3 Å². The van der Waals surface area contributed by atoms with E-state index < -0.39 is 0 Å². The van der Waals surface area contributed by atoms with E-state index in [1.54, 1.807) is 37.4 Å². The SMILES string of the molecule is C=NN1C=CC(N2CCC[C@@H](N)C2)=N/C1=C(/C)C(=O)Nc1ccccc1C#N. The first kappa shape index (κ1) is 19.3. The number of hydrazone groups is 1. The molecule has 1 atom stereocenters. The van der Waals surface area contributed by atoms with Crippen molar-refractivity contribution < 1.29 is 4.79 Å². The number of likely N-dealkylation sites (tertiary alicyclic amines) is 1. The van der Waals surface area contributed by atoms with E-state index in [-0.39, 0.29) is 11.9 Å². The number of nitriles is 1. The lowest BCUT2D eigenvalue weighted by Gasteiger charge is -2.34. The first-order valence-corrected chi connectivity index (χ1v) is 9.08. The average Bonchev–Trinajstić information content (AvgIpc) is 2.73. The van der Waals surface area contributed by atoms with Crippen molar-refractivity contribution in [2.24, 2.45) is 15.8 Å². The number of aliphatic imine (C=N–C) groups is 1. The second-order valence-corrected chi connectivity index (χ2v) is 6.68. The van der Waals surface area contributed by atoms with E-state index in [0.717, 1.165) is 31.8 Å². The number of amides is 1. The van der Waals surface area contributed by atoms with Crippen LogP contribution in [0.4, 0.5) is 5.69 Å². The Bertz CT molecular complexity index is 909. The maximum Gasteiger partial charge on any atom is 0.255 e. The second-order valence-electron chi connectivity index (χ2n) is 6.68. The summed E-state index contributed by atoms with van der Waals surface area (Å²) in [6.45, 7) is 6.81. The molecule has 3 rings (SSSR count). The zero-order valence-corrected chi connectivity index (χ0v) is 15.8. The quantitative estimate of drug-likeness (QED) is 0.618. The molecular formula is C20H23N7O. The molecule has 0 unspecified atom stereocenters. The van der Waals surface area contributed by atoms with Crippen LogP contribution in [-0.4, -0.2) is 47.5 Å². The van der Waals surface area contributed by atoms with Gasteiger partial charge >= 0.3 is 0 Å². The van der Waals surface area contributed by atoms with Crippen molar-refractivity contribution in [3.63, 3.8) is 0 Å². The predicted octanol–water partition coefficient (Wildman–Crippen LogP) is 1.99. The van der Waals surface area contributed by atoms with Gasteiger partial charge in [0.1, 0.15) is 11.9 Å². The summed E-state index contributed by atoms with van der Waals surface area (Å²) < 4.78 is 0. The van der Waals surface area contributed by atoms with Crippen LogP contribution in [0, 0.1) is 11.3 Å². The molecular weight excluding hydrogens is 354 g/mol. The number of hydrogen-bond donors (Lipinski definition) is 2. The molecule has 8 nitrogen and oxygen atoms in total. The molecule has 0 spiro atoms. The molecule has 2 heterocycles. The Morgan fingerprint density at radius 3 is 2.96 bits per heavy atom. The molecule has 2 aliphatic rings. The molecule has 1 fully saturated rings. The van der Waals surface area contributed by atoms with Gasteiger partial charge in [-0.1, -0.05) is 12.1 Å². The molecule has 1 aromatic carbocycles. The molecule has 0 saturated carbocycles. The number of rotatable bonds is 3. The van der Waals surface area contributed by atoms with Crippen molar-refractivity contribution >= 4 is 24.1 Å². The summed E-state index contributed by atoms with van der Waals surface area (Å²) in [6.07, 6.45) is 5.56. The Morgan fingerprint density at radius 1 is 1.46 bits per heavy atom. The number of carbonyl (C=O) groups excluding carboxylic acids is 1. The highest BCUT2D eigenvalue weighted by atomic mass is 16.1. The highest BCUT2D eigenvalue weighted by molar-refractivity contribution is 6.05. The molecule has 1 saturated heterocycles. The maximum absolute atomic E-state index is 12.8. The minimum absolute atomic E-state index is 0.111. The fourth-order valence-electron chi connectivity index (χ4n) is 3.18. The molecule has 0 aliphatic carbocycles. The van der Waals surface area contributed by atoms with Crippen molar-refractivity contribution in [3.05, 3.63) is 53.5 Å². The first-order chi connectivity index (χ1) is 13.5. The molecule has 8 heteroatoms. The first-order valence-electron chi connectivity index (χ1n) is 9.08. The van der Waals surface area contributed by atoms with E-state index in [1.165, 1.54) is 5.01 Å². The Labute approximate surface area is 164 Å². The average molecular weight is 377 g/mol. The van der Waals surface area contributed by atoms with Crippen LogP contribution in [-0.2, 0) is 4.79 Å². The minimum Gasteiger partial charge on any atom is -0.355 e. The molecule has 0 bridgehead atoms. The summed E-state index contributed by atoms with van der Waals surface area (Å²) >= 11 is 0. The van der Waals surface area contributed by atoms with Crippen LogP contribution in [0.5, 0.6) is 0 Å². The number of nitrogens with one attached hydrogen (secondary N) is 1. The lowest BCUT2D eigenvalue weighted by atomic mass is 10.1. The third-order valence-electron chi connectivity index (χ3n) is 4.71. The molecule has 1 amide bonds. The smallest absolute Gasteiger partial charge is 0.255 e. The van der Waals surface area contributed by atoms with Crippen molar-refractivity contribution in [1.29, 1.82) is 5.26 Å². The lowest BCUT2D eigenvalue weighted by molar-refractivity contribution is -0.112. The number of benzene rings is 1. The van der Waals surface area contributed by atoms with Gasteiger partial charge in [0.2, 0.25) is 0 Å². The molecule has 144 valence electrons. The van der Waals surface area contributed by atoms with E-state index in [0.29, 0.717) is 22.6 Å². The normalized spacial score (nSPS) is 20.9. The summed E-state index contributed by atoms with van der Waals surface area (Å²) in [6, 6.07) is 9.01. The fourth-order valence-corrected chi connectivity index (χ4v) is 3.18. The van der Waals surface area contributed by atoms with Crippen molar-refractivity contribution in [1.82, 2.24) is 9.91 Å². The standard InChI is InChI=1S/C20H23N7O/c1-14(20(28)24-17-8-4-3-6-15(17)12-21)19-25-18(9-11-27(19)23-2)26-10-5-7-16(22)13-26/h3-4,6,8-9,11,16H,2,5,7,10,13,22H2,1H3,(H,24,28)/b19-14+/t16-/m1/s1. The maximum atomic E-state index is 12.8. The van der Waals surface area contributed by atoms with Gasteiger partial charge in [-0.25, -0.2) is 10.0 Å². The summed E-state index contributed by atoms with van der Waals surface area (Å²) in [5.74, 6) is 0.772. The molecule has 2 aliphatic heterocycles. The molecule has 1 aromatic rings. The number of nitrogens with zero attached hydrogens (tertiary/aromatic N) is 5. The molecule has 0 aromatic heterocycles. The lowest BCUT2D eigenvalue weighted by Crippen LogP contribution is -2.46. The topological polar surface area (TPSA) is 110 Å². The van der Waals surface area contributed by atoms with Gasteiger partial charge in [-0.3, -0.25) is 4.79 Å². The van der Waals surface area contributed by atoms with Gasteiger partial charge in [0.05, 0.1) is 16.8 Å². The molecule has 28 heavy (non-hydrogen) atoms. The van der Waals surface area contributed by atoms with Gasteiger partial charge in [0, 0.05) is 32.0 Å². The molecule has 3 N–H and O–H groups in total. The largest absolute Gasteiger partial charge is 0.355 e. The van der Waals surface area contributed by atoms with Gasteiger partial charge in [-0.15, -0.1) is 0 Å². The van der Waals surface area contributed by atoms with E-state index in [9.17, 15) is 10.1 Å². The monoisotopic (exact) mass is 377 g/mol. The van der Waals surface area contributed by atoms with Crippen LogP contribution in [0.2, 0.25) is 0 Å². The summed E-state index contributed by atoms with van der Waals surface area (Å²) in [5.41, 5.74) is 7.28. The van der Waals surface area contributed by atoms with Gasteiger partial charge < -0.3 is 16.0 Å². The van der Waals surface area contributed by atoms with Crippen LogP contribution in [0.25, 0.3) is 0 Å². The Balaban J connectivity index is 1.89. The van der Waals surface area contributed by atoms with Crippen molar-refractivity contribution in [3.8, 4) is 6.07 Å². The number of carbonyl (C=O) groups is 1. The number of para-hydroxylation sites is 1. The predicted molar refractivity (Wildman–Crippen MR) is 109 cm³/mol. The van der Waals surface area contributed by atoms with Gasteiger partial charge in [-0.2, -0.15) is 10.4 Å². The zero-order chi connectivity index (χ0) is 20.1. The third kappa shape index (κ3) is 4.10. The Morgan fingerprint density at radius 2 is 2.25 bits per heavy atom. The van der Waals surface area contributed by atoms with Gasteiger partial charge in [0.15, 0.2) is 5.82 Å². The number of hydrogen-bond acceptors (Lipinski definition) is 7. The highest BCUT2D eigenvalue weighted by Gasteiger charge is 2.24. The molecule has 0 radical (unpaired) electrons. The minimum atomic E-state index is -0.361. The van der Waals surface area contributed by atoms with Crippen molar-refractivity contribution in [2.45, 2.75) is 25.8 Å². The van der Waals surface area contributed by atoms with E-state index in [4.69, 9.17) is 5.73 Å². The summed E-state index contributed by atoms with van der Waals surface area (Å²) in [5, 5.41) is 17.4. The van der Waals surface area contributed by atoms with Gasteiger partial charge in [-0.05, 0) is 38.0 Å². The van der Waals surface area contributed by atoms with Crippen LogP contribution < -0.4 is 11.1 Å². The number of nitrogens with two attached hydrogens (primary N) is 1. The highest BCUT2D eigenvalue weighted by Crippen LogP contribution is 2.22.